The van der Waals surface area contributed by atoms with Crippen LogP contribution in [0, 0.1) is 0 Å². The summed E-state index contributed by atoms with van der Waals surface area (Å²) >= 11 is 1.61. The second kappa shape index (κ2) is 12.9. The van der Waals surface area contributed by atoms with Crippen LogP contribution in [0.15, 0.2) is 83.8 Å². The average molecular weight is 509 g/mol. The lowest BCUT2D eigenvalue weighted by Gasteiger charge is -2.22. The Hall–Kier alpha value is -3.69. The van der Waals surface area contributed by atoms with Crippen molar-refractivity contribution in [2.24, 2.45) is 0 Å². The Labute approximate surface area is 214 Å². The highest BCUT2D eigenvalue weighted by Crippen LogP contribution is 2.34. The van der Waals surface area contributed by atoms with Crippen LogP contribution in [0.4, 0.5) is 4.79 Å². The Balaban J connectivity index is 1.39. The molecule has 0 saturated heterocycles. The fourth-order valence-corrected chi connectivity index (χ4v) is 4.60. The third-order valence-electron chi connectivity index (χ3n) is 5.44. The number of hydrogen-bond acceptors (Lipinski definition) is 6. The van der Waals surface area contributed by atoms with E-state index in [0.29, 0.717) is 36.0 Å². The first kappa shape index (κ1) is 25.4. The van der Waals surface area contributed by atoms with Crippen LogP contribution in [0.5, 0.6) is 11.5 Å². The van der Waals surface area contributed by atoms with E-state index in [1.54, 1.807) is 30.0 Å². The minimum absolute atomic E-state index is 0.111. The van der Waals surface area contributed by atoms with Gasteiger partial charge in [0.15, 0.2) is 11.5 Å². The number of carbonyl (C=O) groups is 2. The van der Waals surface area contributed by atoms with E-state index in [1.165, 1.54) is 0 Å². The number of urea groups is 1. The number of benzene rings is 3. The highest BCUT2D eigenvalue weighted by atomic mass is 32.2. The summed E-state index contributed by atoms with van der Waals surface area (Å²) in [6.07, 6.45) is -0.277. The number of aliphatic carboxylic acids is 1. The number of carbonyl (C=O) groups excluding carboxylic acids is 1. The van der Waals surface area contributed by atoms with Crippen LogP contribution in [-0.2, 0) is 16.1 Å². The van der Waals surface area contributed by atoms with Gasteiger partial charge in [0.25, 0.3) is 0 Å². The van der Waals surface area contributed by atoms with Crippen LogP contribution in [-0.4, -0.2) is 42.3 Å². The summed E-state index contributed by atoms with van der Waals surface area (Å²) in [5, 5.41) is 15.2. The molecule has 36 heavy (non-hydrogen) atoms. The predicted octanol–water partition coefficient (Wildman–Crippen LogP) is 4.61. The standard InChI is InChI=1S/C27H28N2O6S/c30-26(31)14-23(20-11-12-24-25(13-20)35-18-34-24)29-27(32)28-21(17-36-22-9-5-2-6-10-22)16-33-15-19-7-3-1-4-8-19/h1-13,21,23H,14-18H2,(H,30,31)(H2,28,29,32)/t21-,23-/m0/s1. The maximum absolute atomic E-state index is 13.0. The third-order valence-corrected chi connectivity index (χ3v) is 6.62. The Morgan fingerprint density at radius 1 is 0.944 bits per heavy atom. The summed E-state index contributed by atoms with van der Waals surface area (Å²) in [5.74, 6) is 0.669. The largest absolute Gasteiger partial charge is 0.481 e. The van der Waals surface area contributed by atoms with E-state index in [1.807, 2.05) is 60.7 Å². The van der Waals surface area contributed by atoms with E-state index in [-0.39, 0.29) is 19.3 Å². The fourth-order valence-electron chi connectivity index (χ4n) is 3.68. The number of amides is 2. The van der Waals surface area contributed by atoms with E-state index >= 15 is 0 Å². The van der Waals surface area contributed by atoms with Gasteiger partial charge in [-0.2, -0.15) is 0 Å². The Bertz CT molecular complexity index is 1150. The zero-order valence-electron chi connectivity index (χ0n) is 19.6. The Morgan fingerprint density at radius 3 is 2.42 bits per heavy atom. The van der Waals surface area contributed by atoms with Crippen molar-refractivity contribution < 1.29 is 28.9 Å². The van der Waals surface area contributed by atoms with Gasteiger partial charge < -0.3 is 30.0 Å². The van der Waals surface area contributed by atoms with E-state index in [9.17, 15) is 14.7 Å². The summed E-state index contributed by atoms with van der Waals surface area (Å²) in [6.45, 7) is 0.839. The van der Waals surface area contributed by atoms with E-state index in [4.69, 9.17) is 14.2 Å². The molecule has 0 fully saturated rings. The molecule has 0 unspecified atom stereocenters. The van der Waals surface area contributed by atoms with Crippen LogP contribution in [0.3, 0.4) is 0 Å². The van der Waals surface area contributed by atoms with E-state index in [2.05, 4.69) is 10.6 Å². The van der Waals surface area contributed by atoms with Gasteiger partial charge in [0.2, 0.25) is 6.79 Å². The van der Waals surface area contributed by atoms with Gasteiger partial charge in [-0.05, 0) is 35.4 Å². The first-order chi connectivity index (χ1) is 17.6. The quantitative estimate of drug-likeness (QED) is 0.307. The Kier molecular flexibility index (Phi) is 9.07. The number of fused-ring (bicyclic) bond motifs is 1. The molecule has 3 aromatic carbocycles. The van der Waals surface area contributed by atoms with Crippen molar-refractivity contribution in [2.75, 3.05) is 19.2 Å². The van der Waals surface area contributed by atoms with Crippen molar-refractivity contribution in [3.05, 3.63) is 90.0 Å². The molecule has 0 bridgehead atoms. The van der Waals surface area contributed by atoms with Crippen molar-refractivity contribution in [1.29, 1.82) is 0 Å². The molecule has 3 N–H and O–H groups in total. The number of hydrogen-bond donors (Lipinski definition) is 3. The van der Waals surface area contributed by atoms with Gasteiger partial charge in [-0.15, -0.1) is 11.8 Å². The van der Waals surface area contributed by atoms with Gasteiger partial charge in [-0.3, -0.25) is 4.79 Å². The van der Waals surface area contributed by atoms with Gasteiger partial charge in [0.05, 0.1) is 31.7 Å². The van der Waals surface area contributed by atoms with Gasteiger partial charge in [-0.1, -0.05) is 54.6 Å². The van der Waals surface area contributed by atoms with Crippen molar-refractivity contribution >= 4 is 23.8 Å². The molecule has 8 nitrogen and oxygen atoms in total. The van der Waals surface area contributed by atoms with E-state index < -0.39 is 18.0 Å². The Morgan fingerprint density at radius 2 is 1.67 bits per heavy atom. The molecular weight excluding hydrogens is 480 g/mol. The summed E-state index contributed by atoms with van der Waals surface area (Å²) in [7, 11) is 0. The highest BCUT2D eigenvalue weighted by molar-refractivity contribution is 7.99. The number of rotatable bonds is 12. The molecule has 0 aromatic heterocycles. The van der Waals surface area contributed by atoms with Crippen LogP contribution < -0.4 is 20.1 Å². The number of carboxylic acids is 1. The van der Waals surface area contributed by atoms with Gasteiger partial charge in [0.1, 0.15) is 0 Å². The SMILES string of the molecule is O=C(O)C[C@H](NC(=O)N[C@@H](COCc1ccccc1)CSc1ccccc1)c1ccc2c(c1)OCO2. The van der Waals surface area contributed by atoms with Crippen LogP contribution in [0.2, 0.25) is 0 Å². The molecular formula is C27H28N2O6S. The summed E-state index contributed by atoms with van der Waals surface area (Å²) in [6, 6.07) is 23.3. The number of thioether (sulfide) groups is 1. The fraction of sp³-hybridized carbons (Fsp3) is 0.259. The topological polar surface area (TPSA) is 106 Å². The smallest absolute Gasteiger partial charge is 0.315 e. The minimum Gasteiger partial charge on any atom is -0.481 e. The summed E-state index contributed by atoms with van der Waals surface area (Å²) in [4.78, 5) is 25.5. The molecule has 3 aromatic rings. The van der Waals surface area contributed by atoms with Gasteiger partial charge in [0, 0.05) is 10.6 Å². The monoisotopic (exact) mass is 508 g/mol. The lowest BCUT2D eigenvalue weighted by molar-refractivity contribution is -0.137. The molecule has 0 radical (unpaired) electrons. The minimum atomic E-state index is -1.03. The highest BCUT2D eigenvalue weighted by Gasteiger charge is 2.23. The van der Waals surface area contributed by atoms with Crippen molar-refractivity contribution in [2.45, 2.75) is 30.0 Å². The normalized spacial score (nSPS) is 13.6. The molecule has 0 aliphatic carbocycles. The molecule has 1 aliphatic heterocycles. The predicted molar refractivity (Wildman–Crippen MR) is 136 cm³/mol. The molecule has 4 rings (SSSR count). The van der Waals surface area contributed by atoms with E-state index in [0.717, 1.165) is 10.5 Å². The second-order valence-corrected chi connectivity index (χ2v) is 9.30. The first-order valence-electron chi connectivity index (χ1n) is 11.5. The van der Waals surface area contributed by atoms with Crippen molar-refractivity contribution in [3.8, 4) is 11.5 Å². The van der Waals surface area contributed by atoms with Crippen molar-refractivity contribution in [3.63, 3.8) is 0 Å². The molecule has 0 saturated carbocycles. The van der Waals surface area contributed by atoms with Gasteiger partial charge in [-0.25, -0.2) is 4.79 Å². The number of carboxylic acid groups (broad SMARTS) is 1. The zero-order chi connectivity index (χ0) is 25.2. The molecule has 9 heteroatoms. The molecule has 2 atom stereocenters. The maximum atomic E-state index is 13.0. The molecule has 188 valence electrons. The molecule has 1 aliphatic rings. The maximum Gasteiger partial charge on any atom is 0.315 e. The zero-order valence-corrected chi connectivity index (χ0v) is 20.4. The van der Waals surface area contributed by atoms with Crippen LogP contribution >= 0.6 is 11.8 Å². The van der Waals surface area contributed by atoms with Crippen molar-refractivity contribution in [1.82, 2.24) is 10.6 Å². The molecule has 0 spiro atoms. The lowest BCUT2D eigenvalue weighted by atomic mass is 10.0. The first-order valence-corrected chi connectivity index (χ1v) is 12.5. The third kappa shape index (κ3) is 7.66. The molecule has 1 heterocycles. The summed E-state index contributed by atoms with van der Waals surface area (Å²) < 4.78 is 16.6. The van der Waals surface area contributed by atoms with Crippen LogP contribution in [0.25, 0.3) is 0 Å². The molecule has 2 amide bonds. The summed E-state index contributed by atoms with van der Waals surface area (Å²) in [5.41, 5.74) is 1.66. The average Bonchev–Trinajstić information content (AvgIpc) is 3.36. The second-order valence-electron chi connectivity index (χ2n) is 8.20. The van der Waals surface area contributed by atoms with Gasteiger partial charge >= 0.3 is 12.0 Å². The number of ether oxygens (including phenoxy) is 3. The lowest BCUT2D eigenvalue weighted by Crippen LogP contribution is -2.46. The number of nitrogens with one attached hydrogen (secondary N) is 2. The van der Waals surface area contributed by atoms with Crippen LogP contribution in [0.1, 0.15) is 23.6 Å².